The predicted molar refractivity (Wildman–Crippen MR) is 82.0 cm³/mol. The molecule has 2 unspecified atom stereocenters. The molecule has 1 aromatic carbocycles. The molecular formula is C15H20BrFN2O. The first-order valence-electron chi connectivity index (χ1n) is 7.06. The van der Waals surface area contributed by atoms with Crippen molar-refractivity contribution in [3.63, 3.8) is 0 Å². The highest BCUT2D eigenvalue weighted by Gasteiger charge is 2.23. The molecule has 0 spiro atoms. The summed E-state index contributed by atoms with van der Waals surface area (Å²) in [6, 6.07) is 2.83. The quantitative estimate of drug-likeness (QED) is 0.819. The van der Waals surface area contributed by atoms with Gasteiger partial charge in [0.2, 0.25) is 0 Å². The van der Waals surface area contributed by atoms with Gasteiger partial charge in [-0.25, -0.2) is 4.39 Å². The summed E-state index contributed by atoms with van der Waals surface area (Å²) in [5, 5.41) is 3.04. The van der Waals surface area contributed by atoms with Crippen LogP contribution in [-0.2, 0) is 0 Å². The van der Waals surface area contributed by atoms with Gasteiger partial charge in [-0.15, -0.1) is 0 Å². The standard InChI is InChI=1S/C15H20BrFN2O/c1-2-9-4-3-5-10(6-9)19-15(20)11-7-14(18)13(17)8-12(11)16/h7-10H,2-6,18H2,1H3,(H,19,20). The van der Waals surface area contributed by atoms with Gasteiger partial charge in [0.25, 0.3) is 5.91 Å². The lowest BCUT2D eigenvalue weighted by molar-refractivity contribution is 0.0918. The van der Waals surface area contributed by atoms with Crippen molar-refractivity contribution in [3.05, 3.63) is 28.0 Å². The highest BCUT2D eigenvalue weighted by molar-refractivity contribution is 9.10. The molecule has 1 amide bonds. The van der Waals surface area contributed by atoms with Gasteiger partial charge >= 0.3 is 0 Å². The lowest BCUT2D eigenvalue weighted by Crippen LogP contribution is -2.38. The lowest BCUT2D eigenvalue weighted by Gasteiger charge is -2.29. The largest absolute Gasteiger partial charge is 0.396 e. The van der Waals surface area contributed by atoms with E-state index in [4.69, 9.17) is 5.73 Å². The molecule has 20 heavy (non-hydrogen) atoms. The molecule has 1 aliphatic carbocycles. The maximum atomic E-state index is 13.3. The van der Waals surface area contributed by atoms with Crippen LogP contribution in [0.5, 0.6) is 0 Å². The summed E-state index contributed by atoms with van der Waals surface area (Å²) in [5.74, 6) is -0.0155. The number of nitrogen functional groups attached to an aromatic ring is 1. The number of carbonyl (C=O) groups excluding carboxylic acids is 1. The summed E-state index contributed by atoms with van der Waals surface area (Å²) in [6.45, 7) is 2.19. The number of benzene rings is 1. The minimum Gasteiger partial charge on any atom is -0.396 e. The molecule has 0 heterocycles. The average Bonchev–Trinajstić information content (AvgIpc) is 2.43. The van der Waals surface area contributed by atoms with E-state index in [1.807, 2.05) is 0 Å². The van der Waals surface area contributed by atoms with E-state index in [9.17, 15) is 9.18 Å². The van der Waals surface area contributed by atoms with Crippen LogP contribution in [0.2, 0.25) is 0 Å². The minimum absolute atomic E-state index is 0.00608. The highest BCUT2D eigenvalue weighted by Crippen LogP contribution is 2.28. The molecule has 3 N–H and O–H groups in total. The molecular weight excluding hydrogens is 323 g/mol. The fourth-order valence-corrected chi connectivity index (χ4v) is 3.29. The highest BCUT2D eigenvalue weighted by atomic mass is 79.9. The third-order valence-corrected chi connectivity index (χ3v) is 4.68. The molecule has 2 rings (SSSR count). The Bertz CT molecular complexity index is 507. The van der Waals surface area contributed by atoms with E-state index in [2.05, 4.69) is 28.2 Å². The Labute approximate surface area is 127 Å². The SMILES string of the molecule is CCC1CCCC(NC(=O)c2cc(N)c(F)cc2Br)C1. The maximum absolute atomic E-state index is 13.3. The van der Waals surface area contributed by atoms with E-state index in [1.54, 1.807) is 0 Å². The second-order valence-electron chi connectivity index (χ2n) is 5.46. The van der Waals surface area contributed by atoms with Gasteiger partial charge < -0.3 is 11.1 Å². The van der Waals surface area contributed by atoms with Gasteiger partial charge in [0.15, 0.2) is 0 Å². The first kappa shape index (κ1) is 15.3. The summed E-state index contributed by atoms with van der Waals surface area (Å²) >= 11 is 3.22. The molecule has 1 aliphatic rings. The van der Waals surface area contributed by atoms with Crippen LogP contribution < -0.4 is 11.1 Å². The first-order chi connectivity index (χ1) is 9.51. The molecule has 1 saturated carbocycles. The molecule has 3 nitrogen and oxygen atoms in total. The predicted octanol–water partition coefficient (Wildman–Crippen LogP) is 3.87. The van der Waals surface area contributed by atoms with Crippen LogP contribution in [0.4, 0.5) is 10.1 Å². The summed E-state index contributed by atoms with van der Waals surface area (Å²) in [5.41, 5.74) is 5.91. The van der Waals surface area contributed by atoms with Crippen LogP contribution in [0.25, 0.3) is 0 Å². The number of nitrogens with two attached hydrogens (primary N) is 1. The van der Waals surface area contributed by atoms with E-state index < -0.39 is 5.82 Å². The average molecular weight is 343 g/mol. The van der Waals surface area contributed by atoms with Crippen molar-refractivity contribution >= 4 is 27.5 Å². The third kappa shape index (κ3) is 3.51. The minimum atomic E-state index is -0.517. The first-order valence-corrected chi connectivity index (χ1v) is 7.86. The van der Waals surface area contributed by atoms with Crippen LogP contribution in [0.15, 0.2) is 16.6 Å². The summed E-state index contributed by atoms with van der Waals surface area (Å²) in [6.07, 6.45) is 5.58. The molecule has 0 aromatic heterocycles. The van der Waals surface area contributed by atoms with Crippen molar-refractivity contribution in [2.45, 2.75) is 45.1 Å². The molecule has 0 saturated heterocycles. The number of anilines is 1. The van der Waals surface area contributed by atoms with Gasteiger partial charge in [-0.3, -0.25) is 4.79 Å². The van der Waals surface area contributed by atoms with Crippen LogP contribution in [0.3, 0.4) is 0 Å². The van der Waals surface area contributed by atoms with Crippen molar-refractivity contribution in [2.75, 3.05) is 5.73 Å². The zero-order chi connectivity index (χ0) is 14.7. The molecule has 0 aliphatic heterocycles. The van der Waals surface area contributed by atoms with Crippen molar-refractivity contribution in [2.24, 2.45) is 5.92 Å². The van der Waals surface area contributed by atoms with E-state index in [1.165, 1.54) is 18.6 Å². The van der Waals surface area contributed by atoms with Crippen molar-refractivity contribution in [1.29, 1.82) is 0 Å². The number of halogens is 2. The van der Waals surface area contributed by atoms with Crippen molar-refractivity contribution in [3.8, 4) is 0 Å². The van der Waals surface area contributed by atoms with Gasteiger partial charge in [0.1, 0.15) is 5.82 Å². The number of nitrogens with one attached hydrogen (secondary N) is 1. The Morgan fingerprint density at radius 3 is 2.95 bits per heavy atom. The van der Waals surface area contributed by atoms with E-state index in [0.29, 0.717) is 16.0 Å². The second-order valence-corrected chi connectivity index (χ2v) is 6.32. The number of hydrogen-bond donors (Lipinski definition) is 2. The Hall–Kier alpha value is -1.10. The zero-order valence-electron chi connectivity index (χ0n) is 11.6. The molecule has 0 radical (unpaired) electrons. The lowest BCUT2D eigenvalue weighted by atomic mass is 9.84. The summed E-state index contributed by atoms with van der Waals surface area (Å²) in [4.78, 5) is 12.3. The van der Waals surface area contributed by atoms with Crippen molar-refractivity contribution in [1.82, 2.24) is 5.32 Å². The van der Waals surface area contributed by atoms with Gasteiger partial charge in [0.05, 0.1) is 11.3 Å². The fraction of sp³-hybridized carbons (Fsp3) is 0.533. The zero-order valence-corrected chi connectivity index (χ0v) is 13.2. The molecule has 1 fully saturated rings. The normalized spacial score (nSPS) is 22.6. The molecule has 110 valence electrons. The smallest absolute Gasteiger partial charge is 0.252 e. The molecule has 1 aromatic rings. The maximum Gasteiger partial charge on any atom is 0.252 e. The topological polar surface area (TPSA) is 55.1 Å². The Balaban J connectivity index is 2.06. The van der Waals surface area contributed by atoms with Gasteiger partial charge in [-0.2, -0.15) is 0 Å². The fourth-order valence-electron chi connectivity index (χ4n) is 2.80. The third-order valence-electron chi connectivity index (χ3n) is 4.03. The van der Waals surface area contributed by atoms with E-state index in [0.717, 1.165) is 25.7 Å². The van der Waals surface area contributed by atoms with Crippen LogP contribution in [0, 0.1) is 11.7 Å². The summed E-state index contributed by atoms with van der Waals surface area (Å²) in [7, 11) is 0. The Kier molecular flexibility index (Phi) is 5.02. The van der Waals surface area contributed by atoms with Crippen LogP contribution in [-0.4, -0.2) is 11.9 Å². The molecule has 0 bridgehead atoms. The van der Waals surface area contributed by atoms with Gasteiger partial charge in [-0.05, 0) is 46.8 Å². The summed E-state index contributed by atoms with van der Waals surface area (Å²) < 4.78 is 13.7. The van der Waals surface area contributed by atoms with E-state index in [-0.39, 0.29) is 17.6 Å². The molecule has 2 atom stereocenters. The second kappa shape index (κ2) is 6.57. The van der Waals surface area contributed by atoms with E-state index >= 15 is 0 Å². The molecule has 5 heteroatoms. The Morgan fingerprint density at radius 2 is 2.25 bits per heavy atom. The van der Waals surface area contributed by atoms with Gasteiger partial charge in [-0.1, -0.05) is 26.2 Å². The number of amides is 1. The monoisotopic (exact) mass is 342 g/mol. The van der Waals surface area contributed by atoms with Gasteiger partial charge in [0, 0.05) is 10.5 Å². The van der Waals surface area contributed by atoms with Crippen LogP contribution >= 0.6 is 15.9 Å². The number of hydrogen-bond acceptors (Lipinski definition) is 2. The number of rotatable bonds is 3. The Morgan fingerprint density at radius 1 is 1.50 bits per heavy atom. The van der Waals surface area contributed by atoms with Crippen molar-refractivity contribution < 1.29 is 9.18 Å². The number of carbonyl (C=O) groups is 1. The van der Waals surface area contributed by atoms with Crippen LogP contribution in [0.1, 0.15) is 49.4 Å².